The molecular weight excluding hydrogens is 298 g/mol. The third kappa shape index (κ3) is 5.63. The van der Waals surface area contributed by atoms with Crippen molar-refractivity contribution in [3.05, 3.63) is 70.3 Å². The van der Waals surface area contributed by atoms with E-state index in [1.807, 2.05) is 32.0 Å². The molecule has 2 aromatic carbocycles. The molecule has 0 aliphatic rings. The Labute approximate surface area is 144 Å². The van der Waals surface area contributed by atoms with E-state index in [0.717, 1.165) is 29.7 Å². The quantitative estimate of drug-likeness (QED) is 0.468. The average Bonchev–Trinajstić information content (AvgIpc) is 2.55. The van der Waals surface area contributed by atoms with Crippen LogP contribution >= 0.6 is 0 Å². The lowest BCUT2D eigenvalue weighted by atomic mass is 10.0. The maximum Gasteiger partial charge on any atom is 0.254 e. The summed E-state index contributed by atoms with van der Waals surface area (Å²) in [5.41, 5.74) is 8.43. The summed E-state index contributed by atoms with van der Waals surface area (Å²) in [6.45, 7) is 7.19. The van der Waals surface area contributed by atoms with Crippen molar-refractivity contribution in [2.45, 2.75) is 27.2 Å². The molecule has 0 radical (unpaired) electrons. The molecule has 4 nitrogen and oxygen atoms in total. The number of hydrazone groups is 1. The van der Waals surface area contributed by atoms with Gasteiger partial charge in [0.15, 0.2) is 0 Å². The van der Waals surface area contributed by atoms with Gasteiger partial charge in [-0.3, -0.25) is 4.79 Å². The number of hydrogen-bond acceptors (Lipinski definition) is 3. The first-order chi connectivity index (χ1) is 11.6. The van der Waals surface area contributed by atoms with Crippen molar-refractivity contribution in [1.29, 1.82) is 0 Å². The first kappa shape index (κ1) is 17.9. The fraction of sp³-hybridized carbons (Fsp3) is 0.300. The number of carbonyl (C=O) groups is 1. The summed E-state index contributed by atoms with van der Waals surface area (Å²) in [5, 5.41) is 7.19. The van der Waals surface area contributed by atoms with Gasteiger partial charge in [-0.15, -0.1) is 0 Å². The maximum absolute atomic E-state index is 11.8. The highest BCUT2D eigenvalue weighted by atomic mass is 16.2. The van der Waals surface area contributed by atoms with Gasteiger partial charge in [-0.2, -0.15) is 5.10 Å². The second kappa shape index (κ2) is 8.99. The van der Waals surface area contributed by atoms with Crippen LogP contribution in [0.2, 0.25) is 0 Å². The van der Waals surface area contributed by atoms with E-state index >= 15 is 0 Å². The molecule has 0 unspecified atom stereocenters. The molecule has 1 amide bonds. The molecule has 0 saturated carbocycles. The largest absolute Gasteiger partial charge is 0.308 e. The lowest BCUT2D eigenvalue weighted by Gasteiger charge is -2.07. The maximum atomic E-state index is 11.8. The Kier molecular flexibility index (Phi) is 6.70. The molecule has 0 aliphatic carbocycles. The van der Waals surface area contributed by atoms with E-state index in [0.29, 0.717) is 0 Å². The summed E-state index contributed by atoms with van der Waals surface area (Å²) in [5.74, 6) is -0.137. The van der Waals surface area contributed by atoms with Crippen LogP contribution in [0.5, 0.6) is 0 Å². The molecule has 2 rings (SSSR count). The normalized spacial score (nSPS) is 11.0. The molecule has 0 atom stereocenters. The molecule has 0 aliphatic heterocycles. The molecule has 126 valence electrons. The van der Waals surface area contributed by atoms with Crippen molar-refractivity contribution in [2.75, 3.05) is 13.1 Å². The Hall–Kier alpha value is -2.46. The Morgan fingerprint density at radius 1 is 1.08 bits per heavy atom. The zero-order valence-electron chi connectivity index (χ0n) is 14.6. The highest BCUT2D eigenvalue weighted by molar-refractivity contribution is 5.85. The molecule has 0 heterocycles. The van der Waals surface area contributed by atoms with E-state index in [1.54, 1.807) is 6.21 Å². The number of nitrogens with zero attached hydrogens (tertiary/aromatic N) is 1. The summed E-state index contributed by atoms with van der Waals surface area (Å²) in [4.78, 5) is 11.8. The van der Waals surface area contributed by atoms with Gasteiger partial charge in [0.25, 0.3) is 5.91 Å². The third-order valence-electron chi connectivity index (χ3n) is 3.84. The zero-order valence-corrected chi connectivity index (χ0v) is 14.6. The first-order valence-electron chi connectivity index (χ1n) is 8.20. The average molecular weight is 323 g/mol. The summed E-state index contributed by atoms with van der Waals surface area (Å²) < 4.78 is 0. The molecule has 0 spiro atoms. The highest BCUT2D eigenvalue weighted by Crippen LogP contribution is 2.13. The molecule has 0 saturated heterocycles. The predicted octanol–water partition coefficient (Wildman–Crippen LogP) is 2.89. The molecule has 0 fully saturated rings. The van der Waals surface area contributed by atoms with E-state index < -0.39 is 0 Å². The van der Waals surface area contributed by atoms with E-state index in [9.17, 15) is 4.79 Å². The minimum Gasteiger partial charge on any atom is -0.308 e. The SMILES string of the molecule is Cc1cc(C)c(/C=N/NC(=O)CNCCc2ccccc2)c(C)c1. The van der Waals surface area contributed by atoms with Gasteiger partial charge in [0.2, 0.25) is 0 Å². The highest BCUT2D eigenvalue weighted by Gasteiger charge is 2.02. The standard InChI is InChI=1S/C20H25N3O/c1-15-11-16(2)19(17(3)12-15)13-22-23-20(24)14-21-10-9-18-7-5-4-6-8-18/h4-8,11-13,21H,9-10,14H2,1-3H3,(H,23,24)/b22-13+. The van der Waals surface area contributed by atoms with Crippen molar-refractivity contribution in [1.82, 2.24) is 10.7 Å². The van der Waals surface area contributed by atoms with E-state index in [4.69, 9.17) is 0 Å². The fourth-order valence-corrected chi connectivity index (χ4v) is 2.68. The van der Waals surface area contributed by atoms with Crippen LogP contribution < -0.4 is 10.7 Å². The van der Waals surface area contributed by atoms with Crippen molar-refractivity contribution >= 4 is 12.1 Å². The molecule has 0 bridgehead atoms. The summed E-state index contributed by atoms with van der Waals surface area (Å²) in [6.07, 6.45) is 2.62. The number of carbonyl (C=O) groups excluding carboxylic acids is 1. The van der Waals surface area contributed by atoms with Crippen LogP contribution in [0.3, 0.4) is 0 Å². The van der Waals surface area contributed by atoms with Gasteiger partial charge >= 0.3 is 0 Å². The number of nitrogens with one attached hydrogen (secondary N) is 2. The summed E-state index contributed by atoms with van der Waals surface area (Å²) >= 11 is 0. The number of benzene rings is 2. The first-order valence-corrected chi connectivity index (χ1v) is 8.20. The Morgan fingerprint density at radius 3 is 2.42 bits per heavy atom. The van der Waals surface area contributed by atoms with Gasteiger partial charge in [0.1, 0.15) is 0 Å². The lowest BCUT2D eigenvalue weighted by Crippen LogP contribution is -2.32. The molecule has 4 heteroatoms. The summed E-state index contributed by atoms with van der Waals surface area (Å²) in [6, 6.07) is 14.4. The van der Waals surface area contributed by atoms with Gasteiger partial charge in [0.05, 0.1) is 12.8 Å². The van der Waals surface area contributed by atoms with Crippen molar-refractivity contribution in [3.8, 4) is 0 Å². The third-order valence-corrected chi connectivity index (χ3v) is 3.84. The van der Waals surface area contributed by atoms with Crippen LogP contribution in [0.4, 0.5) is 0 Å². The van der Waals surface area contributed by atoms with Gasteiger partial charge in [-0.1, -0.05) is 48.0 Å². The molecule has 24 heavy (non-hydrogen) atoms. The molecule has 2 N–H and O–H groups in total. The van der Waals surface area contributed by atoms with Crippen LogP contribution in [0, 0.1) is 20.8 Å². The van der Waals surface area contributed by atoms with Crippen LogP contribution in [0.25, 0.3) is 0 Å². The minimum atomic E-state index is -0.137. The van der Waals surface area contributed by atoms with Gasteiger partial charge in [-0.05, 0) is 50.4 Å². The molecule has 0 aromatic heterocycles. The lowest BCUT2D eigenvalue weighted by molar-refractivity contribution is -0.120. The fourth-order valence-electron chi connectivity index (χ4n) is 2.68. The van der Waals surface area contributed by atoms with Crippen LogP contribution in [-0.2, 0) is 11.2 Å². The Morgan fingerprint density at radius 2 is 1.75 bits per heavy atom. The van der Waals surface area contributed by atoms with Gasteiger partial charge in [-0.25, -0.2) is 5.43 Å². The molecular formula is C20H25N3O. The van der Waals surface area contributed by atoms with E-state index in [2.05, 4.69) is 47.0 Å². The Bertz CT molecular complexity index is 685. The predicted molar refractivity (Wildman–Crippen MR) is 99.4 cm³/mol. The van der Waals surface area contributed by atoms with Crippen LogP contribution in [-0.4, -0.2) is 25.2 Å². The van der Waals surface area contributed by atoms with Gasteiger partial charge in [0, 0.05) is 5.56 Å². The van der Waals surface area contributed by atoms with Crippen molar-refractivity contribution < 1.29 is 4.79 Å². The second-order valence-corrected chi connectivity index (χ2v) is 6.02. The molecule has 2 aromatic rings. The number of hydrogen-bond donors (Lipinski definition) is 2. The summed E-state index contributed by atoms with van der Waals surface area (Å²) in [7, 11) is 0. The monoisotopic (exact) mass is 323 g/mol. The van der Waals surface area contributed by atoms with Crippen molar-refractivity contribution in [2.24, 2.45) is 5.10 Å². The van der Waals surface area contributed by atoms with Crippen molar-refractivity contribution in [3.63, 3.8) is 0 Å². The van der Waals surface area contributed by atoms with Crippen LogP contribution in [0.15, 0.2) is 47.6 Å². The zero-order chi connectivity index (χ0) is 17.4. The van der Waals surface area contributed by atoms with Gasteiger partial charge < -0.3 is 5.32 Å². The van der Waals surface area contributed by atoms with Crippen LogP contribution in [0.1, 0.15) is 27.8 Å². The number of aryl methyl sites for hydroxylation is 3. The second-order valence-electron chi connectivity index (χ2n) is 6.02. The van der Waals surface area contributed by atoms with E-state index in [-0.39, 0.29) is 12.5 Å². The topological polar surface area (TPSA) is 53.5 Å². The van der Waals surface area contributed by atoms with E-state index in [1.165, 1.54) is 11.1 Å². The minimum absolute atomic E-state index is 0.137. The Balaban J connectivity index is 1.73. The number of rotatable bonds is 7. The number of amides is 1. The smallest absolute Gasteiger partial charge is 0.254 e.